The molecule has 0 aliphatic carbocycles. The van der Waals surface area contributed by atoms with Crippen molar-refractivity contribution in [3.8, 4) is 6.07 Å². The number of pyridine rings is 1. The zero-order valence-electron chi connectivity index (χ0n) is 7.77. The van der Waals surface area contributed by atoms with Crippen molar-refractivity contribution in [3.05, 3.63) is 41.6 Å². The minimum absolute atomic E-state index is 0.368. The van der Waals surface area contributed by atoms with Crippen molar-refractivity contribution in [1.82, 2.24) is 4.98 Å². The number of hydrogen-bond acceptors (Lipinski definition) is 3. The van der Waals surface area contributed by atoms with E-state index in [1.54, 1.807) is 24.3 Å². The van der Waals surface area contributed by atoms with Gasteiger partial charge < -0.3 is 5.73 Å². The highest BCUT2D eigenvalue weighted by Gasteiger charge is 2.03. The predicted octanol–water partition coefficient (Wildman–Crippen LogP) is 1.21. The molecule has 0 bridgehead atoms. The number of nitrogens with two attached hydrogens (primary N) is 1. The molecule has 0 unspecified atom stereocenters. The van der Waals surface area contributed by atoms with Gasteiger partial charge in [0, 0.05) is 11.6 Å². The maximum atomic E-state index is 10.9. The van der Waals surface area contributed by atoms with Gasteiger partial charge in [-0.2, -0.15) is 5.26 Å². The Morgan fingerprint density at radius 2 is 2.20 bits per heavy atom. The summed E-state index contributed by atoms with van der Waals surface area (Å²) >= 11 is 0. The molecule has 2 aromatic rings. The first-order valence-corrected chi connectivity index (χ1v) is 4.30. The molecule has 0 aliphatic heterocycles. The van der Waals surface area contributed by atoms with Gasteiger partial charge in [0.2, 0.25) is 5.91 Å². The van der Waals surface area contributed by atoms with E-state index >= 15 is 0 Å². The van der Waals surface area contributed by atoms with E-state index in [1.165, 1.54) is 6.20 Å². The zero-order valence-corrected chi connectivity index (χ0v) is 7.77. The molecule has 1 aromatic heterocycles. The van der Waals surface area contributed by atoms with E-state index in [0.29, 0.717) is 16.6 Å². The standard InChI is InChI=1S/C11H7N3O/c12-5-7-1-2-8-4-9(11(13)15)6-14-10(8)3-7/h1-4,6H,(H2,13,15). The van der Waals surface area contributed by atoms with Crippen LogP contribution in [0.15, 0.2) is 30.5 Å². The summed E-state index contributed by atoms with van der Waals surface area (Å²) in [5.41, 5.74) is 6.72. The van der Waals surface area contributed by atoms with E-state index in [-0.39, 0.29) is 0 Å². The fraction of sp³-hybridized carbons (Fsp3) is 0. The summed E-state index contributed by atoms with van der Waals surface area (Å²) in [6.45, 7) is 0. The quantitative estimate of drug-likeness (QED) is 0.746. The molecular formula is C11H7N3O. The van der Waals surface area contributed by atoms with E-state index < -0.39 is 5.91 Å². The van der Waals surface area contributed by atoms with Gasteiger partial charge in [0.15, 0.2) is 0 Å². The number of rotatable bonds is 1. The van der Waals surface area contributed by atoms with Crippen LogP contribution in [-0.4, -0.2) is 10.9 Å². The number of benzene rings is 1. The van der Waals surface area contributed by atoms with Crippen molar-refractivity contribution >= 4 is 16.8 Å². The largest absolute Gasteiger partial charge is 0.366 e. The second-order valence-corrected chi connectivity index (χ2v) is 3.11. The first-order valence-electron chi connectivity index (χ1n) is 4.30. The van der Waals surface area contributed by atoms with Crippen molar-refractivity contribution in [2.75, 3.05) is 0 Å². The van der Waals surface area contributed by atoms with Crippen molar-refractivity contribution in [2.24, 2.45) is 5.73 Å². The Labute approximate surface area is 86.0 Å². The second-order valence-electron chi connectivity index (χ2n) is 3.11. The molecule has 2 N–H and O–H groups in total. The van der Waals surface area contributed by atoms with Crippen LogP contribution in [0.1, 0.15) is 15.9 Å². The van der Waals surface area contributed by atoms with Crippen molar-refractivity contribution in [1.29, 1.82) is 5.26 Å². The summed E-state index contributed by atoms with van der Waals surface area (Å²) < 4.78 is 0. The maximum absolute atomic E-state index is 10.9. The first-order chi connectivity index (χ1) is 7.20. The van der Waals surface area contributed by atoms with Gasteiger partial charge in [0.05, 0.1) is 22.7 Å². The van der Waals surface area contributed by atoms with Crippen LogP contribution >= 0.6 is 0 Å². The lowest BCUT2D eigenvalue weighted by Gasteiger charge is -1.99. The number of primary amides is 1. The summed E-state index contributed by atoms with van der Waals surface area (Å²) in [5.74, 6) is -0.506. The predicted molar refractivity (Wildman–Crippen MR) is 55.0 cm³/mol. The third-order valence-corrected chi connectivity index (χ3v) is 2.10. The fourth-order valence-corrected chi connectivity index (χ4v) is 1.33. The average Bonchev–Trinajstić information content (AvgIpc) is 2.27. The lowest BCUT2D eigenvalue weighted by molar-refractivity contribution is 0.1000. The van der Waals surface area contributed by atoms with Crippen molar-refractivity contribution in [3.63, 3.8) is 0 Å². The van der Waals surface area contributed by atoms with Gasteiger partial charge in [0.1, 0.15) is 0 Å². The van der Waals surface area contributed by atoms with Crippen molar-refractivity contribution < 1.29 is 4.79 Å². The number of amides is 1. The zero-order chi connectivity index (χ0) is 10.8. The summed E-state index contributed by atoms with van der Waals surface area (Å²) in [5, 5.41) is 9.48. The highest BCUT2D eigenvalue weighted by atomic mass is 16.1. The number of aromatic nitrogens is 1. The van der Waals surface area contributed by atoms with Crippen LogP contribution in [0.4, 0.5) is 0 Å². The monoisotopic (exact) mass is 197 g/mol. The van der Waals surface area contributed by atoms with Gasteiger partial charge in [-0.3, -0.25) is 9.78 Å². The molecule has 0 atom stereocenters. The van der Waals surface area contributed by atoms with Crippen LogP contribution in [0.5, 0.6) is 0 Å². The molecule has 0 saturated heterocycles. The fourth-order valence-electron chi connectivity index (χ4n) is 1.33. The van der Waals surface area contributed by atoms with Crippen LogP contribution in [0.2, 0.25) is 0 Å². The van der Waals surface area contributed by atoms with Gasteiger partial charge in [-0.15, -0.1) is 0 Å². The number of hydrogen-bond donors (Lipinski definition) is 1. The molecule has 0 spiro atoms. The van der Waals surface area contributed by atoms with E-state index in [1.807, 2.05) is 6.07 Å². The summed E-state index contributed by atoms with van der Waals surface area (Å²) in [6.07, 6.45) is 1.41. The summed E-state index contributed by atoms with van der Waals surface area (Å²) in [7, 11) is 0. The van der Waals surface area contributed by atoms with E-state index in [0.717, 1.165) is 5.39 Å². The minimum atomic E-state index is -0.506. The third kappa shape index (κ3) is 1.63. The lowest BCUT2D eigenvalue weighted by atomic mass is 10.1. The highest BCUT2D eigenvalue weighted by Crippen LogP contribution is 2.14. The molecule has 0 aliphatic rings. The maximum Gasteiger partial charge on any atom is 0.250 e. The van der Waals surface area contributed by atoms with Gasteiger partial charge in [-0.1, -0.05) is 6.07 Å². The summed E-state index contributed by atoms with van der Waals surface area (Å²) in [6, 6.07) is 8.77. The first kappa shape index (κ1) is 9.16. The van der Waals surface area contributed by atoms with Gasteiger partial charge in [0.25, 0.3) is 0 Å². The molecule has 1 heterocycles. The molecule has 15 heavy (non-hydrogen) atoms. The number of fused-ring (bicyclic) bond motifs is 1. The highest BCUT2D eigenvalue weighted by molar-refractivity contribution is 5.96. The average molecular weight is 197 g/mol. The number of nitriles is 1. The lowest BCUT2D eigenvalue weighted by Crippen LogP contribution is -2.10. The smallest absolute Gasteiger partial charge is 0.250 e. The summed E-state index contributed by atoms with van der Waals surface area (Å²) in [4.78, 5) is 15.0. The Balaban J connectivity index is 2.66. The molecule has 1 aromatic carbocycles. The Bertz CT molecular complexity index is 584. The molecule has 1 amide bonds. The Kier molecular flexibility index (Phi) is 2.07. The topological polar surface area (TPSA) is 79.8 Å². The molecule has 72 valence electrons. The van der Waals surface area contributed by atoms with Crippen LogP contribution in [0, 0.1) is 11.3 Å². The minimum Gasteiger partial charge on any atom is -0.366 e. The van der Waals surface area contributed by atoms with Gasteiger partial charge in [-0.05, 0) is 18.2 Å². The van der Waals surface area contributed by atoms with Crippen molar-refractivity contribution in [2.45, 2.75) is 0 Å². The Morgan fingerprint density at radius 3 is 2.87 bits per heavy atom. The van der Waals surface area contributed by atoms with Gasteiger partial charge >= 0.3 is 0 Å². The van der Waals surface area contributed by atoms with Crippen LogP contribution in [0.25, 0.3) is 10.9 Å². The van der Waals surface area contributed by atoms with Crippen LogP contribution < -0.4 is 5.73 Å². The molecule has 0 fully saturated rings. The normalized spacial score (nSPS) is 9.80. The number of carbonyl (C=O) groups is 1. The van der Waals surface area contributed by atoms with E-state index in [9.17, 15) is 4.79 Å². The SMILES string of the molecule is N#Cc1ccc2cc(C(N)=O)cnc2c1. The molecule has 0 radical (unpaired) electrons. The van der Waals surface area contributed by atoms with E-state index in [4.69, 9.17) is 11.0 Å². The van der Waals surface area contributed by atoms with E-state index in [2.05, 4.69) is 4.98 Å². The Morgan fingerprint density at radius 1 is 1.40 bits per heavy atom. The Hall–Kier alpha value is -2.41. The van der Waals surface area contributed by atoms with Crippen LogP contribution in [0.3, 0.4) is 0 Å². The molecule has 4 heteroatoms. The molecular weight excluding hydrogens is 190 g/mol. The second kappa shape index (κ2) is 3.39. The molecule has 0 saturated carbocycles. The molecule has 2 rings (SSSR count). The van der Waals surface area contributed by atoms with Crippen LogP contribution in [-0.2, 0) is 0 Å². The van der Waals surface area contributed by atoms with Gasteiger partial charge in [-0.25, -0.2) is 0 Å². The number of nitrogens with zero attached hydrogens (tertiary/aromatic N) is 2. The number of carbonyl (C=O) groups excluding carboxylic acids is 1. The third-order valence-electron chi connectivity index (χ3n) is 2.10. The molecule has 4 nitrogen and oxygen atoms in total.